The Balaban J connectivity index is 1.64. The van der Waals surface area contributed by atoms with Gasteiger partial charge in [-0.25, -0.2) is 15.0 Å². The van der Waals surface area contributed by atoms with E-state index in [2.05, 4.69) is 37.8 Å². The van der Waals surface area contributed by atoms with Crippen molar-refractivity contribution in [1.82, 2.24) is 19.5 Å². The van der Waals surface area contributed by atoms with Crippen molar-refractivity contribution in [3.05, 3.63) is 95.1 Å². The summed E-state index contributed by atoms with van der Waals surface area (Å²) in [6, 6.07) is 18.0. The molecular weight excluding hydrogens is 414 g/mol. The topological polar surface area (TPSA) is 55.6 Å². The second-order valence-corrected chi connectivity index (χ2v) is 8.24. The van der Waals surface area contributed by atoms with E-state index in [1.165, 1.54) is 0 Å². The van der Waals surface area contributed by atoms with E-state index in [1.54, 1.807) is 17.7 Å². The zero-order chi connectivity index (χ0) is 20.5. The highest BCUT2D eigenvalue weighted by Crippen LogP contribution is 2.38. The van der Waals surface area contributed by atoms with Gasteiger partial charge in [0.1, 0.15) is 28.8 Å². The number of aromatic nitrogens is 4. The first-order chi connectivity index (χ1) is 14.7. The predicted molar refractivity (Wildman–Crippen MR) is 123 cm³/mol. The third-order valence-corrected chi connectivity index (χ3v) is 6.19. The van der Waals surface area contributed by atoms with Gasteiger partial charge >= 0.3 is 0 Å². The van der Waals surface area contributed by atoms with E-state index in [0.717, 1.165) is 38.5 Å². The smallest absolute Gasteiger partial charge is 0.139 e. The summed E-state index contributed by atoms with van der Waals surface area (Å²) in [5, 5.41) is 7.47. The van der Waals surface area contributed by atoms with Gasteiger partial charge in [-0.2, -0.15) is 0 Å². The van der Waals surface area contributed by atoms with Crippen LogP contribution in [0.2, 0.25) is 5.02 Å². The van der Waals surface area contributed by atoms with Gasteiger partial charge < -0.3 is 9.88 Å². The summed E-state index contributed by atoms with van der Waals surface area (Å²) >= 11 is 7.69. The normalized spacial score (nSPS) is 12.2. The maximum atomic E-state index is 6.09. The molecule has 0 spiro atoms. The number of hydrogen-bond donors (Lipinski definition) is 1. The third kappa shape index (κ3) is 3.44. The van der Waals surface area contributed by atoms with Crippen LogP contribution in [0.4, 0.5) is 5.82 Å². The van der Waals surface area contributed by atoms with Crippen molar-refractivity contribution in [3.63, 3.8) is 0 Å². The van der Waals surface area contributed by atoms with E-state index in [1.807, 2.05) is 66.5 Å². The van der Waals surface area contributed by atoms with E-state index in [9.17, 15) is 0 Å². The largest absolute Gasteiger partial charge is 0.356 e. The summed E-state index contributed by atoms with van der Waals surface area (Å²) < 4.78 is 2.02. The fourth-order valence-electron chi connectivity index (χ4n) is 3.56. The number of thiophene rings is 1. The SMILES string of the molecule is Cn1ccnc1C(Nc1ncnc2scc(-c3ccc(Cl)cc3)c12)c1ccccc1. The molecule has 5 aromatic rings. The van der Waals surface area contributed by atoms with Crippen LogP contribution in [0.1, 0.15) is 17.4 Å². The van der Waals surface area contributed by atoms with Gasteiger partial charge in [-0.15, -0.1) is 11.3 Å². The lowest BCUT2D eigenvalue weighted by molar-refractivity contribution is 0.746. The molecule has 3 heterocycles. The van der Waals surface area contributed by atoms with Crippen molar-refractivity contribution in [2.45, 2.75) is 6.04 Å². The number of anilines is 1. The van der Waals surface area contributed by atoms with E-state index in [0.29, 0.717) is 5.02 Å². The Morgan fingerprint density at radius 3 is 2.53 bits per heavy atom. The molecule has 0 radical (unpaired) electrons. The van der Waals surface area contributed by atoms with E-state index in [-0.39, 0.29) is 6.04 Å². The molecule has 5 nitrogen and oxygen atoms in total. The monoisotopic (exact) mass is 431 g/mol. The summed E-state index contributed by atoms with van der Waals surface area (Å²) in [5.74, 6) is 1.69. The van der Waals surface area contributed by atoms with Crippen LogP contribution in [0.15, 0.2) is 78.7 Å². The maximum Gasteiger partial charge on any atom is 0.139 e. The minimum atomic E-state index is -0.151. The van der Waals surface area contributed by atoms with Gasteiger partial charge in [0, 0.05) is 35.4 Å². The van der Waals surface area contributed by atoms with Gasteiger partial charge in [0.05, 0.1) is 5.39 Å². The molecule has 0 aliphatic heterocycles. The van der Waals surface area contributed by atoms with Gasteiger partial charge in [-0.3, -0.25) is 0 Å². The lowest BCUT2D eigenvalue weighted by Gasteiger charge is -2.20. The Morgan fingerprint density at radius 1 is 1.00 bits per heavy atom. The van der Waals surface area contributed by atoms with Gasteiger partial charge in [0.15, 0.2) is 0 Å². The molecule has 3 aromatic heterocycles. The maximum absolute atomic E-state index is 6.09. The zero-order valence-electron chi connectivity index (χ0n) is 16.2. The van der Waals surface area contributed by atoms with E-state index < -0.39 is 0 Å². The molecule has 7 heteroatoms. The van der Waals surface area contributed by atoms with Crippen LogP contribution in [0, 0.1) is 0 Å². The van der Waals surface area contributed by atoms with Gasteiger partial charge in [0.2, 0.25) is 0 Å². The first kappa shape index (κ1) is 18.8. The Hall–Kier alpha value is -3.22. The first-order valence-electron chi connectivity index (χ1n) is 9.47. The number of rotatable bonds is 5. The van der Waals surface area contributed by atoms with Crippen LogP contribution in [0.25, 0.3) is 21.3 Å². The number of nitrogens with one attached hydrogen (secondary N) is 1. The van der Waals surface area contributed by atoms with Gasteiger partial charge in [-0.05, 0) is 23.3 Å². The molecule has 30 heavy (non-hydrogen) atoms. The molecule has 1 unspecified atom stereocenters. The van der Waals surface area contributed by atoms with Crippen LogP contribution in [-0.4, -0.2) is 19.5 Å². The molecule has 5 rings (SSSR count). The molecule has 0 amide bonds. The van der Waals surface area contributed by atoms with E-state index in [4.69, 9.17) is 11.6 Å². The number of benzene rings is 2. The zero-order valence-corrected chi connectivity index (χ0v) is 17.7. The molecule has 1 N–H and O–H groups in total. The molecule has 2 aromatic carbocycles. The molecule has 0 saturated heterocycles. The lowest BCUT2D eigenvalue weighted by atomic mass is 10.0. The average molecular weight is 432 g/mol. The lowest BCUT2D eigenvalue weighted by Crippen LogP contribution is -2.17. The molecule has 148 valence electrons. The molecule has 1 atom stereocenters. The second-order valence-electron chi connectivity index (χ2n) is 6.94. The number of nitrogens with zero attached hydrogens (tertiary/aromatic N) is 4. The molecule has 0 saturated carbocycles. The molecule has 0 aliphatic carbocycles. The minimum Gasteiger partial charge on any atom is -0.356 e. The number of halogens is 1. The minimum absolute atomic E-state index is 0.151. The van der Waals surface area contributed by atoms with Gasteiger partial charge in [0.25, 0.3) is 0 Å². The Kier molecular flexibility index (Phi) is 4.94. The Morgan fingerprint density at radius 2 is 1.80 bits per heavy atom. The fourth-order valence-corrected chi connectivity index (χ4v) is 4.60. The highest BCUT2D eigenvalue weighted by atomic mass is 35.5. The van der Waals surface area contributed by atoms with Crippen molar-refractivity contribution in [2.24, 2.45) is 7.05 Å². The van der Waals surface area contributed by atoms with Crippen molar-refractivity contribution in [3.8, 4) is 11.1 Å². The van der Waals surface area contributed by atoms with Crippen molar-refractivity contribution >= 4 is 39.0 Å². The van der Waals surface area contributed by atoms with Crippen molar-refractivity contribution in [2.75, 3.05) is 5.32 Å². The number of fused-ring (bicyclic) bond motifs is 1. The quantitative estimate of drug-likeness (QED) is 0.373. The second kappa shape index (κ2) is 7.89. The van der Waals surface area contributed by atoms with Crippen LogP contribution in [0.3, 0.4) is 0 Å². The Bertz CT molecular complexity index is 1290. The van der Waals surface area contributed by atoms with Crippen LogP contribution in [-0.2, 0) is 7.05 Å². The first-order valence-corrected chi connectivity index (χ1v) is 10.7. The summed E-state index contributed by atoms with van der Waals surface area (Å²) in [6.07, 6.45) is 5.37. The van der Waals surface area contributed by atoms with Crippen molar-refractivity contribution < 1.29 is 0 Å². The number of aryl methyl sites for hydroxylation is 1. The van der Waals surface area contributed by atoms with Crippen LogP contribution in [0.5, 0.6) is 0 Å². The summed E-state index contributed by atoms with van der Waals surface area (Å²) in [4.78, 5) is 14.6. The summed E-state index contributed by atoms with van der Waals surface area (Å²) in [5.41, 5.74) is 3.28. The van der Waals surface area contributed by atoms with Crippen molar-refractivity contribution in [1.29, 1.82) is 0 Å². The summed E-state index contributed by atoms with van der Waals surface area (Å²) in [7, 11) is 2.00. The standard InChI is InChI=1S/C23H18ClN5S/c1-29-12-11-25-22(29)20(16-5-3-2-4-6-16)28-21-19-18(13-30-23(19)27-14-26-21)15-7-9-17(24)10-8-15/h2-14,20H,1H3,(H,26,27,28). The third-order valence-electron chi connectivity index (χ3n) is 5.06. The molecule has 0 aliphatic rings. The average Bonchev–Trinajstić information content (AvgIpc) is 3.40. The molecular formula is C23H18ClN5S. The summed E-state index contributed by atoms with van der Waals surface area (Å²) in [6.45, 7) is 0. The predicted octanol–water partition coefficient (Wildman–Crippen LogP) is 5.95. The number of hydrogen-bond acceptors (Lipinski definition) is 5. The molecule has 0 fully saturated rings. The number of imidazole rings is 1. The fraction of sp³-hybridized carbons (Fsp3) is 0.0870. The van der Waals surface area contributed by atoms with Crippen LogP contribution >= 0.6 is 22.9 Å². The highest BCUT2D eigenvalue weighted by Gasteiger charge is 2.21. The van der Waals surface area contributed by atoms with E-state index >= 15 is 0 Å². The molecule has 0 bridgehead atoms. The van der Waals surface area contributed by atoms with Crippen LogP contribution < -0.4 is 5.32 Å². The van der Waals surface area contributed by atoms with Gasteiger partial charge in [-0.1, -0.05) is 54.1 Å². The Labute approximate surface area is 183 Å². The highest BCUT2D eigenvalue weighted by molar-refractivity contribution is 7.17.